The van der Waals surface area contributed by atoms with E-state index >= 15 is 0 Å². The molecule has 3 nitrogen and oxygen atoms in total. The van der Waals surface area contributed by atoms with E-state index in [1.54, 1.807) is 18.2 Å². The molecule has 0 fully saturated rings. The predicted octanol–water partition coefficient (Wildman–Crippen LogP) is 1.69. The topological polar surface area (TPSA) is 53.1 Å². The summed E-state index contributed by atoms with van der Waals surface area (Å²) >= 11 is 0. The van der Waals surface area contributed by atoms with Crippen LogP contribution in [0, 0.1) is 0 Å². The maximum Gasteiger partial charge on any atom is 0.150 e. The molecular weight excluding hydrogens is 154 g/mol. The molecule has 0 amide bonds. The number of carbonyl (C=O) groups is 1. The molecule has 0 aliphatic rings. The zero-order valence-electron chi connectivity index (χ0n) is 6.24. The number of nitrogens with one attached hydrogen (secondary N) is 1. The van der Waals surface area contributed by atoms with Crippen molar-refractivity contribution in [3.05, 3.63) is 30.0 Å². The number of benzene rings is 1. The Labute approximate surface area is 68.6 Å². The van der Waals surface area contributed by atoms with Gasteiger partial charge in [0.15, 0.2) is 0 Å². The van der Waals surface area contributed by atoms with Crippen molar-refractivity contribution in [3.8, 4) is 5.75 Å². The monoisotopic (exact) mass is 161 g/mol. The van der Waals surface area contributed by atoms with E-state index in [-0.39, 0.29) is 5.75 Å². The van der Waals surface area contributed by atoms with E-state index in [0.29, 0.717) is 5.56 Å². The van der Waals surface area contributed by atoms with Crippen LogP contribution in [0.15, 0.2) is 24.4 Å². The quantitative estimate of drug-likeness (QED) is 0.625. The molecule has 2 N–H and O–H groups in total. The fourth-order valence-corrected chi connectivity index (χ4v) is 1.20. The van der Waals surface area contributed by atoms with Gasteiger partial charge in [0.1, 0.15) is 12.0 Å². The molecule has 1 aromatic carbocycles. The molecule has 1 aromatic heterocycles. The predicted molar refractivity (Wildman–Crippen MR) is 45.4 cm³/mol. The molecule has 0 radical (unpaired) electrons. The van der Waals surface area contributed by atoms with Crippen LogP contribution in [0.1, 0.15) is 10.4 Å². The van der Waals surface area contributed by atoms with Crippen LogP contribution in [0.2, 0.25) is 0 Å². The Hall–Kier alpha value is -1.77. The Morgan fingerprint density at radius 2 is 2.25 bits per heavy atom. The van der Waals surface area contributed by atoms with Gasteiger partial charge in [-0.05, 0) is 12.1 Å². The first-order chi connectivity index (χ1) is 5.81. The van der Waals surface area contributed by atoms with Crippen molar-refractivity contribution in [1.29, 1.82) is 0 Å². The van der Waals surface area contributed by atoms with Crippen molar-refractivity contribution in [1.82, 2.24) is 4.98 Å². The molecule has 0 saturated heterocycles. The molecule has 3 heteroatoms. The Bertz CT molecular complexity index is 431. The van der Waals surface area contributed by atoms with E-state index < -0.39 is 0 Å². The van der Waals surface area contributed by atoms with E-state index in [9.17, 15) is 9.90 Å². The highest BCUT2D eigenvalue weighted by atomic mass is 16.3. The number of aromatic nitrogens is 1. The van der Waals surface area contributed by atoms with Gasteiger partial charge < -0.3 is 10.1 Å². The first-order valence-corrected chi connectivity index (χ1v) is 3.56. The zero-order chi connectivity index (χ0) is 8.55. The molecule has 0 aliphatic heterocycles. The lowest BCUT2D eigenvalue weighted by Gasteiger charge is -1.91. The highest BCUT2D eigenvalue weighted by Gasteiger charge is 2.01. The lowest BCUT2D eigenvalue weighted by molar-refractivity contribution is 0.112. The molecule has 2 rings (SSSR count). The third-order valence-corrected chi connectivity index (χ3v) is 1.82. The van der Waals surface area contributed by atoms with Gasteiger partial charge in [-0.15, -0.1) is 0 Å². The highest BCUT2D eigenvalue weighted by molar-refractivity contribution is 5.90. The van der Waals surface area contributed by atoms with Gasteiger partial charge in [0.25, 0.3) is 0 Å². The van der Waals surface area contributed by atoms with Gasteiger partial charge in [0.2, 0.25) is 0 Å². The van der Waals surface area contributed by atoms with Crippen LogP contribution in [0.4, 0.5) is 0 Å². The highest BCUT2D eigenvalue weighted by Crippen LogP contribution is 2.23. The fraction of sp³-hybridized carbons (Fsp3) is 0. The smallest absolute Gasteiger partial charge is 0.150 e. The number of fused-ring (bicyclic) bond motifs is 1. The summed E-state index contributed by atoms with van der Waals surface area (Å²) in [6.45, 7) is 0. The van der Waals surface area contributed by atoms with E-state index in [1.165, 1.54) is 6.20 Å². The van der Waals surface area contributed by atoms with Gasteiger partial charge in [0.05, 0.1) is 0 Å². The second-order valence-corrected chi connectivity index (χ2v) is 2.60. The molecule has 1 heterocycles. The van der Waals surface area contributed by atoms with Gasteiger partial charge in [-0.1, -0.05) is 6.07 Å². The van der Waals surface area contributed by atoms with Crippen LogP contribution in [0.25, 0.3) is 10.9 Å². The fourth-order valence-electron chi connectivity index (χ4n) is 1.20. The summed E-state index contributed by atoms with van der Waals surface area (Å²) in [5, 5.41) is 9.99. The van der Waals surface area contributed by atoms with E-state index in [2.05, 4.69) is 4.98 Å². The summed E-state index contributed by atoms with van der Waals surface area (Å²) in [5.74, 6) is 0.211. The standard InChI is InChI=1S/C9H7NO2/c11-5-6-1-2-7-8(3-6)10-4-9(7)12/h1-5,10,12H. The number of H-pyrrole nitrogens is 1. The van der Waals surface area contributed by atoms with E-state index in [1.807, 2.05) is 0 Å². The minimum absolute atomic E-state index is 0.211. The number of hydrogen-bond donors (Lipinski definition) is 2. The Kier molecular flexibility index (Phi) is 1.37. The summed E-state index contributed by atoms with van der Waals surface area (Å²) in [7, 11) is 0. The van der Waals surface area contributed by atoms with Crippen molar-refractivity contribution in [2.75, 3.05) is 0 Å². The molecule has 12 heavy (non-hydrogen) atoms. The molecule has 0 unspecified atom stereocenters. The molecule has 0 saturated carbocycles. The third-order valence-electron chi connectivity index (χ3n) is 1.82. The van der Waals surface area contributed by atoms with Crippen LogP contribution >= 0.6 is 0 Å². The molecular formula is C9H7NO2. The number of rotatable bonds is 1. The first kappa shape index (κ1) is 6.91. The van der Waals surface area contributed by atoms with Crippen LogP contribution in [-0.4, -0.2) is 16.4 Å². The Morgan fingerprint density at radius 3 is 3.00 bits per heavy atom. The summed E-state index contributed by atoms with van der Waals surface area (Å²) < 4.78 is 0. The molecule has 0 spiro atoms. The van der Waals surface area contributed by atoms with Crippen molar-refractivity contribution in [2.45, 2.75) is 0 Å². The second-order valence-electron chi connectivity index (χ2n) is 2.60. The Morgan fingerprint density at radius 1 is 1.42 bits per heavy atom. The van der Waals surface area contributed by atoms with Crippen LogP contribution in [-0.2, 0) is 0 Å². The average Bonchev–Trinajstić information content (AvgIpc) is 2.47. The SMILES string of the molecule is O=Cc1ccc2c(O)c[nH]c2c1. The maximum atomic E-state index is 10.4. The minimum Gasteiger partial charge on any atom is -0.506 e. The zero-order valence-corrected chi connectivity index (χ0v) is 6.24. The number of hydrogen-bond acceptors (Lipinski definition) is 2. The molecule has 0 aliphatic carbocycles. The van der Waals surface area contributed by atoms with Crippen LogP contribution in [0.5, 0.6) is 5.75 Å². The Balaban J connectivity index is 2.77. The maximum absolute atomic E-state index is 10.4. The van der Waals surface area contributed by atoms with Gasteiger partial charge >= 0.3 is 0 Å². The number of carbonyl (C=O) groups excluding carboxylic acids is 1. The van der Waals surface area contributed by atoms with Gasteiger partial charge in [-0.2, -0.15) is 0 Å². The lowest BCUT2D eigenvalue weighted by atomic mass is 10.2. The first-order valence-electron chi connectivity index (χ1n) is 3.56. The van der Waals surface area contributed by atoms with Crippen molar-refractivity contribution in [3.63, 3.8) is 0 Å². The normalized spacial score (nSPS) is 10.3. The number of aldehydes is 1. The third kappa shape index (κ3) is 0.871. The van der Waals surface area contributed by atoms with E-state index in [0.717, 1.165) is 17.2 Å². The van der Waals surface area contributed by atoms with Crippen LogP contribution < -0.4 is 0 Å². The molecule has 2 aromatic rings. The molecule has 0 bridgehead atoms. The van der Waals surface area contributed by atoms with Crippen molar-refractivity contribution >= 4 is 17.2 Å². The second kappa shape index (κ2) is 2.37. The number of aromatic hydroxyl groups is 1. The lowest BCUT2D eigenvalue weighted by Crippen LogP contribution is -1.77. The van der Waals surface area contributed by atoms with E-state index in [4.69, 9.17) is 0 Å². The number of aromatic amines is 1. The average molecular weight is 161 g/mol. The summed E-state index contributed by atoms with van der Waals surface area (Å²) in [6, 6.07) is 5.08. The minimum atomic E-state index is 0.211. The van der Waals surface area contributed by atoms with Gasteiger partial charge in [0, 0.05) is 22.7 Å². The summed E-state index contributed by atoms with van der Waals surface area (Å²) in [4.78, 5) is 13.2. The van der Waals surface area contributed by atoms with Crippen molar-refractivity contribution in [2.24, 2.45) is 0 Å². The van der Waals surface area contributed by atoms with Crippen LogP contribution in [0.3, 0.4) is 0 Å². The van der Waals surface area contributed by atoms with Crippen molar-refractivity contribution < 1.29 is 9.90 Å². The molecule has 0 atom stereocenters. The largest absolute Gasteiger partial charge is 0.506 e. The van der Waals surface area contributed by atoms with Gasteiger partial charge in [-0.25, -0.2) is 0 Å². The molecule has 60 valence electrons. The van der Waals surface area contributed by atoms with Gasteiger partial charge in [-0.3, -0.25) is 4.79 Å². The summed E-state index contributed by atoms with van der Waals surface area (Å²) in [5.41, 5.74) is 1.38. The summed E-state index contributed by atoms with van der Waals surface area (Å²) in [6.07, 6.45) is 2.27.